The smallest absolute Gasteiger partial charge is 0.434 e. The normalized spacial score (nSPS) is 11.9. The quantitative estimate of drug-likeness (QED) is 0.428. The summed E-state index contributed by atoms with van der Waals surface area (Å²) in [6.07, 6.45) is -2.06. The van der Waals surface area contributed by atoms with Crippen molar-refractivity contribution in [1.29, 1.82) is 0 Å². The molecule has 3 rings (SSSR count). The Labute approximate surface area is 160 Å². The second-order valence-corrected chi connectivity index (χ2v) is 6.57. The maximum atomic E-state index is 13.1. The van der Waals surface area contributed by atoms with E-state index in [-0.39, 0.29) is 17.0 Å². The van der Waals surface area contributed by atoms with Crippen LogP contribution in [-0.2, 0) is 12.7 Å². The molecule has 0 unspecified atom stereocenters. The zero-order valence-corrected chi connectivity index (χ0v) is 15.9. The third-order valence-corrected chi connectivity index (χ3v) is 4.53. The highest BCUT2D eigenvalue weighted by atomic mass is 79.9. The summed E-state index contributed by atoms with van der Waals surface area (Å²) in [7, 11) is 1.36. The third kappa shape index (κ3) is 4.00. The SMILES string of the molecule is COc1ccc(-c2ccc(=O)n(CCCCBr)n2)n2cc(C(F)(F)F)nc12. The van der Waals surface area contributed by atoms with Gasteiger partial charge in [-0.05, 0) is 31.0 Å². The average molecular weight is 445 g/mol. The van der Waals surface area contributed by atoms with Crippen LogP contribution in [0.1, 0.15) is 18.5 Å². The van der Waals surface area contributed by atoms with Gasteiger partial charge in [0.25, 0.3) is 5.56 Å². The highest BCUT2D eigenvalue weighted by Gasteiger charge is 2.34. The molecule has 0 amide bonds. The van der Waals surface area contributed by atoms with Crippen LogP contribution in [0.5, 0.6) is 5.75 Å². The van der Waals surface area contributed by atoms with Gasteiger partial charge in [0.05, 0.1) is 12.8 Å². The van der Waals surface area contributed by atoms with Gasteiger partial charge in [0.1, 0.15) is 5.69 Å². The van der Waals surface area contributed by atoms with Crippen molar-refractivity contribution >= 4 is 21.6 Å². The monoisotopic (exact) mass is 444 g/mol. The molecule has 10 heteroatoms. The standard InChI is InChI=1S/C17H16BrF3N4O2/c1-27-13-6-5-12(24-10-14(17(19,20)21)22-16(13)24)11-4-7-15(26)25(23-11)9-3-2-8-18/h4-7,10H,2-3,8-9H2,1H3. The molecule has 3 aromatic rings. The fourth-order valence-electron chi connectivity index (χ4n) is 2.65. The summed E-state index contributed by atoms with van der Waals surface area (Å²) in [5.41, 5.74) is -0.519. The first-order chi connectivity index (χ1) is 12.8. The van der Waals surface area contributed by atoms with Crippen LogP contribution in [0.4, 0.5) is 13.2 Å². The Morgan fingerprint density at radius 3 is 2.63 bits per heavy atom. The molecule has 6 nitrogen and oxygen atoms in total. The Balaban J connectivity index is 2.13. The highest BCUT2D eigenvalue weighted by Crippen LogP contribution is 2.33. The number of fused-ring (bicyclic) bond motifs is 1. The number of halogens is 4. The number of ether oxygens (including phenoxy) is 1. The van der Waals surface area contributed by atoms with Gasteiger partial charge >= 0.3 is 6.18 Å². The first kappa shape index (κ1) is 19.4. The Morgan fingerprint density at radius 1 is 1.19 bits per heavy atom. The number of rotatable bonds is 6. The van der Waals surface area contributed by atoms with Gasteiger partial charge in [0.15, 0.2) is 17.1 Å². The maximum absolute atomic E-state index is 13.1. The Bertz CT molecular complexity index is 1010. The van der Waals surface area contributed by atoms with E-state index in [0.29, 0.717) is 17.9 Å². The van der Waals surface area contributed by atoms with Gasteiger partial charge in [-0.25, -0.2) is 9.67 Å². The number of unbranched alkanes of at least 4 members (excludes halogenated alkanes) is 1. The van der Waals surface area contributed by atoms with E-state index in [1.54, 1.807) is 6.07 Å². The predicted molar refractivity (Wildman–Crippen MR) is 97.3 cm³/mol. The molecule has 0 spiro atoms. The van der Waals surface area contributed by atoms with E-state index in [1.165, 1.54) is 34.4 Å². The largest absolute Gasteiger partial charge is 0.493 e. The number of pyridine rings is 1. The van der Waals surface area contributed by atoms with Gasteiger partial charge < -0.3 is 4.74 Å². The summed E-state index contributed by atoms with van der Waals surface area (Å²) in [5.74, 6) is 0.208. The Kier molecular flexibility index (Phi) is 5.54. The zero-order valence-electron chi connectivity index (χ0n) is 14.3. The van der Waals surface area contributed by atoms with Gasteiger partial charge in [-0.2, -0.15) is 18.3 Å². The molecule has 0 N–H and O–H groups in total. The molecule has 0 aliphatic rings. The van der Waals surface area contributed by atoms with E-state index in [0.717, 1.165) is 24.4 Å². The molecule has 144 valence electrons. The average Bonchev–Trinajstić information content (AvgIpc) is 3.08. The third-order valence-electron chi connectivity index (χ3n) is 3.97. The molecule has 0 saturated heterocycles. The van der Waals surface area contributed by atoms with Gasteiger partial charge in [0.2, 0.25) is 0 Å². The molecule has 3 heterocycles. The highest BCUT2D eigenvalue weighted by molar-refractivity contribution is 9.09. The lowest BCUT2D eigenvalue weighted by Gasteiger charge is -2.10. The molecule has 0 aliphatic heterocycles. The van der Waals surface area contributed by atoms with Crippen LogP contribution < -0.4 is 10.3 Å². The minimum atomic E-state index is -4.59. The molecule has 0 saturated carbocycles. The molecule has 0 atom stereocenters. The molecule has 0 radical (unpaired) electrons. The van der Waals surface area contributed by atoms with E-state index in [9.17, 15) is 18.0 Å². The molecule has 0 aliphatic carbocycles. The topological polar surface area (TPSA) is 61.4 Å². The lowest BCUT2D eigenvalue weighted by molar-refractivity contribution is -0.140. The van der Waals surface area contributed by atoms with Gasteiger partial charge in [0, 0.05) is 24.1 Å². The fraction of sp³-hybridized carbons (Fsp3) is 0.353. The van der Waals surface area contributed by atoms with Crippen molar-refractivity contribution in [3.8, 4) is 17.1 Å². The summed E-state index contributed by atoms with van der Waals surface area (Å²) in [4.78, 5) is 15.7. The number of nitrogens with zero attached hydrogens (tertiary/aromatic N) is 4. The molecule has 0 aromatic carbocycles. The molecule has 0 fully saturated rings. The fourth-order valence-corrected chi connectivity index (χ4v) is 3.05. The molecular weight excluding hydrogens is 429 g/mol. The maximum Gasteiger partial charge on any atom is 0.434 e. The van der Waals surface area contributed by atoms with Gasteiger partial charge in [-0.1, -0.05) is 15.9 Å². The van der Waals surface area contributed by atoms with Crippen molar-refractivity contribution < 1.29 is 17.9 Å². The number of imidazole rings is 1. The Morgan fingerprint density at radius 2 is 1.96 bits per heavy atom. The van der Waals surface area contributed by atoms with Crippen molar-refractivity contribution in [1.82, 2.24) is 19.2 Å². The summed E-state index contributed by atoms with van der Waals surface area (Å²) >= 11 is 3.33. The second kappa shape index (κ2) is 7.71. The number of aromatic nitrogens is 4. The van der Waals surface area contributed by atoms with Crippen LogP contribution in [0.3, 0.4) is 0 Å². The van der Waals surface area contributed by atoms with Crippen LogP contribution >= 0.6 is 15.9 Å². The lowest BCUT2D eigenvalue weighted by Crippen LogP contribution is -2.22. The molecule has 3 aromatic heterocycles. The van der Waals surface area contributed by atoms with E-state index in [2.05, 4.69) is 26.0 Å². The van der Waals surface area contributed by atoms with E-state index >= 15 is 0 Å². The summed E-state index contributed by atoms with van der Waals surface area (Å²) < 4.78 is 47.0. The number of alkyl halides is 4. The van der Waals surface area contributed by atoms with E-state index < -0.39 is 11.9 Å². The van der Waals surface area contributed by atoms with Crippen LogP contribution in [0.25, 0.3) is 17.0 Å². The van der Waals surface area contributed by atoms with Crippen molar-refractivity contribution in [2.45, 2.75) is 25.6 Å². The number of methoxy groups -OCH3 is 1. The minimum absolute atomic E-state index is 0.0289. The first-order valence-electron chi connectivity index (χ1n) is 8.13. The lowest BCUT2D eigenvalue weighted by atomic mass is 10.2. The van der Waals surface area contributed by atoms with Crippen LogP contribution in [-0.4, -0.2) is 31.6 Å². The Hall–Kier alpha value is -2.36. The van der Waals surface area contributed by atoms with Crippen molar-refractivity contribution in [3.05, 3.63) is 46.5 Å². The van der Waals surface area contributed by atoms with Crippen molar-refractivity contribution in [2.24, 2.45) is 0 Å². The van der Waals surface area contributed by atoms with Crippen LogP contribution in [0, 0.1) is 0 Å². The van der Waals surface area contributed by atoms with Crippen molar-refractivity contribution in [3.63, 3.8) is 0 Å². The number of aryl methyl sites for hydroxylation is 1. The van der Waals surface area contributed by atoms with Gasteiger partial charge in [-0.3, -0.25) is 9.20 Å². The number of hydrogen-bond acceptors (Lipinski definition) is 4. The number of hydrogen-bond donors (Lipinski definition) is 0. The second-order valence-electron chi connectivity index (χ2n) is 5.78. The van der Waals surface area contributed by atoms with Gasteiger partial charge in [-0.15, -0.1) is 0 Å². The predicted octanol–water partition coefficient (Wildman–Crippen LogP) is 3.76. The minimum Gasteiger partial charge on any atom is -0.493 e. The van der Waals surface area contributed by atoms with Crippen molar-refractivity contribution in [2.75, 3.05) is 12.4 Å². The first-order valence-corrected chi connectivity index (χ1v) is 9.25. The summed E-state index contributed by atoms with van der Waals surface area (Å²) in [5, 5.41) is 5.12. The van der Waals surface area contributed by atoms with E-state index in [1.807, 2.05) is 0 Å². The zero-order chi connectivity index (χ0) is 19.6. The molecular formula is C17H16BrF3N4O2. The van der Waals surface area contributed by atoms with E-state index in [4.69, 9.17) is 4.74 Å². The summed E-state index contributed by atoms with van der Waals surface area (Å²) in [6, 6.07) is 5.95. The van der Waals surface area contributed by atoms with Crippen LogP contribution in [0.2, 0.25) is 0 Å². The van der Waals surface area contributed by atoms with Crippen LogP contribution in [0.15, 0.2) is 35.3 Å². The molecule has 27 heavy (non-hydrogen) atoms. The molecule has 0 bridgehead atoms. The summed E-state index contributed by atoms with van der Waals surface area (Å²) in [6.45, 7) is 0.426.